The van der Waals surface area contributed by atoms with Gasteiger partial charge in [-0.2, -0.15) is 5.10 Å². The molecule has 0 atom stereocenters. The van der Waals surface area contributed by atoms with Crippen molar-refractivity contribution in [2.75, 3.05) is 20.2 Å². The third-order valence-electron chi connectivity index (χ3n) is 5.20. The predicted molar refractivity (Wildman–Crippen MR) is 114 cm³/mol. The van der Waals surface area contributed by atoms with Crippen LogP contribution >= 0.6 is 0 Å². The number of imidazole rings is 1. The minimum absolute atomic E-state index is 0.102. The molecule has 0 saturated carbocycles. The molecule has 0 spiro atoms. The number of nitrogens with zero attached hydrogens (tertiary/aromatic N) is 3. The highest BCUT2D eigenvalue weighted by Gasteiger charge is 2.15. The van der Waals surface area contributed by atoms with Crippen molar-refractivity contribution in [3.63, 3.8) is 0 Å². The van der Waals surface area contributed by atoms with Crippen LogP contribution in [0.15, 0.2) is 36.5 Å². The number of hydrogen-bond donors (Lipinski definition) is 4. The summed E-state index contributed by atoms with van der Waals surface area (Å²) in [4.78, 5) is 9.76. The van der Waals surface area contributed by atoms with Crippen molar-refractivity contribution in [2.24, 2.45) is 0 Å². The van der Waals surface area contributed by atoms with Crippen molar-refractivity contribution in [3.05, 3.63) is 53.6 Å². The number of aromatic hydroxyl groups is 1. The van der Waals surface area contributed by atoms with Gasteiger partial charge in [-0.25, -0.2) is 9.37 Å². The third-order valence-corrected chi connectivity index (χ3v) is 5.20. The van der Waals surface area contributed by atoms with E-state index in [1.807, 2.05) is 43.3 Å². The average Bonchev–Trinajstić information content (AvgIpc) is 3.35. The molecule has 0 saturated heterocycles. The lowest BCUT2D eigenvalue weighted by Gasteiger charge is -2.12. The Kier molecular flexibility index (Phi) is 5.52. The summed E-state index contributed by atoms with van der Waals surface area (Å²) in [7, 11) is 1.92. The van der Waals surface area contributed by atoms with Gasteiger partial charge >= 0.3 is 0 Å². The van der Waals surface area contributed by atoms with Crippen LogP contribution in [-0.2, 0) is 13.0 Å². The van der Waals surface area contributed by atoms with Gasteiger partial charge < -0.3 is 15.2 Å². The fourth-order valence-corrected chi connectivity index (χ4v) is 3.62. The molecule has 2 aromatic heterocycles. The zero-order valence-corrected chi connectivity index (χ0v) is 16.9. The fourth-order valence-electron chi connectivity index (χ4n) is 3.62. The predicted octanol–water partition coefficient (Wildman–Crippen LogP) is 3.45. The number of hydrogen-bond acceptors (Lipinski definition) is 5. The van der Waals surface area contributed by atoms with Crippen LogP contribution in [-0.4, -0.2) is 55.5 Å². The first-order chi connectivity index (χ1) is 14.5. The Morgan fingerprint density at radius 3 is 2.80 bits per heavy atom. The number of phenols is 1. The van der Waals surface area contributed by atoms with Gasteiger partial charge in [0.2, 0.25) is 0 Å². The van der Waals surface area contributed by atoms with Crippen molar-refractivity contribution < 1.29 is 14.6 Å². The first kappa shape index (κ1) is 20.1. The van der Waals surface area contributed by atoms with E-state index in [0.29, 0.717) is 31.0 Å². The molecular formula is C22H24FN5O2. The van der Waals surface area contributed by atoms with Crippen LogP contribution < -0.4 is 0 Å². The highest BCUT2D eigenvalue weighted by molar-refractivity contribution is 5.94. The molecule has 0 unspecified atom stereocenters. The van der Waals surface area contributed by atoms with Crippen LogP contribution in [0.1, 0.15) is 18.2 Å². The Balaban J connectivity index is 1.67. The number of aromatic amines is 2. The summed E-state index contributed by atoms with van der Waals surface area (Å²) in [5.41, 5.74) is 4.85. The molecule has 30 heavy (non-hydrogen) atoms. The number of benzene rings is 2. The second kappa shape index (κ2) is 8.25. The van der Waals surface area contributed by atoms with E-state index >= 15 is 0 Å². The molecule has 2 aromatic carbocycles. The van der Waals surface area contributed by atoms with Gasteiger partial charge in [0.15, 0.2) is 17.4 Å². The van der Waals surface area contributed by atoms with E-state index in [0.717, 1.165) is 33.3 Å². The Bertz CT molecular complexity index is 1180. The molecule has 0 fully saturated rings. The summed E-state index contributed by atoms with van der Waals surface area (Å²) in [5, 5.41) is 27.1. The zero-order valence-electron chi connectivity index (χ0n) is 16.9. The molecule has 2 heterocycles. The summed E-state index contributed by atoms with van der Waals surface area (Å²) in [6.45, 7) is 3.27. The summed E-state index contributed by atoms with van der Waals surface area (Å²) in [6.07, 6.45) is 2.51. The summed E-state index contributed by atoms with van der Waals surface area (Å²) < 4.78 is 14.0. The molecule has 156 valence electrons. The van der Waals surface area contributed by atoms with Crippen LogP contribution in [0.3, 0.4) is 0 Å². The van der Waals surface area contributed by atoms with Gasteiger partial charge in [-0.3, -0.25) is 10.00 Å². The number of phenolic OH excluding ortho intramolecular Hbond substituents is 1. The van der Waals surface area contributed by atoms with Crippen molar-refractivity contribution in [1.29, 1.82) is 0 Å². The van der Waals surface area contributed by atoms with E-state index in [1.54, 1.807) is 0 Å². The Labute approximate surface area is 173 Å². The molecule has 0 aliphatic carbocycles. The highest BCUT2D eigenvalue weighted by Crippen LogP contribution is 2.33. The standard InChI is InChI=1S/C22H24FN5O2/c1-3-13-9-20(30)18(23)10-17(13)14-4-5-16-19(8-14)26-27-21(16)22-24-11-15(25-22)12-28(2)6-7-29/h4-5,8-11,29-30H,3,6-7,12H2,1-2H3,(H,24,25)(H,26,27). The van der Waals surface area contributed by atoms with E-state index in [4.69, 9.17) is 5.11 Å². The fraction of sp³-hybridized carbons (Fsp3) is 0.273. The monoisotopic (exact) mass is 409 g/mol. The number of H-pyrrole nitrogens is 2. The Hall–Kier alpha value is -3.23. The normalized spacial score (nSPS) is 11.6. The minimum Gasteiger partial charge on any atom is -0.505 e. The first-order valence-corrected chi connectivity index (χ1v) is 9.84. The number of likely N-dealkylation sites (N-methyl/N-ethyl adjacent to an activating group) is 1. The largest absolute Gasteiger partial charge is 0.505 e. The minimum atomic E-state index is -0.637. The van der Waals surface area contributed by atoms with Gasteiger partial charge in [0.1, 0.15) is 5.69 Å². The lowest BCUT2D eigenvalue weighted by molar-refractivity contribution is 0.216. The van der Waals surface area contributed by atoms with E-state index in [-0.39, 0.29) is 12.4 Å². The number of aliphatic hydroxyl groups is 1. The molecule has 0 aliphatic rings. The topological polar surface area (TPSA) is 101 Å². The van der Waals surface area contributed by atoms with E-state index in [1.165, 1.54) is 12.1 Å². The maximum absolute atomic E-state index is 14.0. The SMILES string of the molecule is CCc1cc(O)c(F)cc1-c1ccc2c(-c3nc(CN(C)CCO)c[nH]3)n[nH]c2c1. The Morgan fingerprint density at radius 2 is 2.03 bits per heavy atom. The van der Waals surface area contributed by atoms with Crippen molar-refractivity contribution in [2.45, 2.75) is 19.9 Å². The van der Waals surface area contributed by atoms with E-state index < -0.39 is 5.82 Å². The molecule has 0 radical (unpaired) electrons. The van der Waals surface area contributed by atoms with Crippen LogP contribution in [0.5, 0.6) is 5.75 Å². The smallest absolute Gasteiger partial charge is 0.165 e. The summed E-state index contributed by atoms with van der Waals surface area (Å²) >= 11 is 0. The van der Waals surface area contributed by atoms with Crippen LogP contribution in [0.4, 0.5) is 4.39 Å². The maximum Gasteiger partial charge on any atom is 0.165 e. The number of fused-ring (bicyclic) bond motifs is 1. The quantitative estimate of drug-likeness (QED) is 0.375. The molecule has 8 heteroatoms. The number of halogens is 1. The molecule has 0 bridgehead atoms. The van der Waals surface area contributed by atoms with Crippen molar-refractivity contribution in [3.8, 4) is 28.4 Å². The maximum atomic E-state index is 14.0. The van der Waals surface area contributed by atoms with Crippen LogP contribution in [0.25, 0.3) is 33.5 Å². The number of aliphatic hydroxyl groups excluding tert-OH is 1. The second-order valence-electron chi connectivity index (χ2n) is 7.35. The average molecular weight is 409 g/mol. The highest BCUT2D eigenvalue weighted by atomic mass is 19.1. The summed E-state index contributed by atoms with van der Waals surface area (Å²) in [6, 6.07) is 8.63. The van der Waals surface area contributed by atoms with Gasteiger partial charge in [0, 0.05) is 24.7 Å². The molecule has 4 rings (SSSR count). The lowest BCUT2D eigenvalue weighted by Crippen LogP contribution is -2.21. The molecular weight excluding hydrogens is 385 g/mol. The van der Waals surface area contributed by atoms with Gasteiger partial charge in [-0.05, 0) is 54.4 Å². The van der Waals surface area contributed by atoms with Gasteiger partial charge in [0.05, 0.1) is 17.8 Å². The molecule has 7 nitrogen and oxygen atoms in total. The van der Waals surface area contributed by atoms with Crippen LogP contribution in [0.2, 0.25) is 0 Å². The van der Waals surface area contributed by atoms with E-state index in [2.05, 4.69) is 20.2 Å². The summed E-state index contributed by atoms with van der Waals surface area (Å²) in [5.74, 6) is -0.313. The Morgan fingerprint density at radius 1 is 1.20 bits per heavy atom. The number of aryl methyl sites for hydroxylation is 1. The molecule has 4 N–H and O–H groups in total. The molecule has 0 amide bonds. The van der Waals surface area contributed by atoms with Gasteiger partial charge in [0.25, 0.3) is 0 Å². The number of aromatic nitrogens is 4. The van der Waals surface area contributed by atoms with Crippen molar-refractivity contribution >= 4 is 10.9 Å². The zero-order chi connectivity index (χ0) is 21.3. The van der Waals surface area contributed by atoms with Crippen molar-refractivity contribution in [1.82, 2.24) is 25.1 Å². The number of nitrogens with one attached hydrogen (secondary N) is 2. The second-order valence-corrected chi connectivity index (χ2v) is 7.35. The molecule has 4 aromatic rings. The number of rotatable bonds is 7. The van der Waals surface area contributed by atoms with E-state index in [9.17, 15) is 9.50 Å². The third kappa shape index (κ3) is 3.79. The first-order valence-electron chi connectivity index (χ1n) is 9.84. The van der Waals surface area contributed by atoms with Gasteiger partial charge in [-0.1, -0.05) is 13.0 Å². The molecule has 0 aliphatic heterocycles. The van der Waals surface area contributed by atoms with Gasteiger partial charge in [-0.15, -0.1) is 0 Å². The lowest BCUT2D eigenvalue weighted by atomic mass is 9.96. The van der Waals surface area contributed by atoms with Crippen LogP contribution in [0, 0.1) is 5.82 Å².